The highest BCUT2D eigenvalue weighted by Gasteiger charge is 2.65. The van der Waals surface area contributed by atoms with Gasteiger partial charge in [-0.1, -0.05) is 30.9 Å². The Labute approximate surface area is 172 Å². The molecule has 0 bridgehead atoms. The normalized spacial score (nSPS) is 28.5. The summed E-state index contributed by atoms with van der Waals surface area (Å²) < 4.78 is 35.0. The number of fused-ring (bicyclic) bond motifs is 1. The van der Waals surface area contributed by atoms with E-state index in [9.17, 15) is 18.7 Å². The molecule has 1 saturated carbocycles. The van der Waals surface area contributed by atoms with Gasteiger partial charge in [-0.2, -0.15) is 0 Å². The SMILES string of the molecule is CC1(C2(O)CCCCC2)OCC(F)(F)C1CNC(=O)c1c[nH]c2nccc(Cl)c12. The lowest BCUT2D eigenvalue weighted by Crippen LogP contribution is -2.60. The molecule has 29 heavy (non-hydrogen) atoms. The van der Waals surface area contributed by atoms with Gasteiger partial charge in [0.2, 0.25) is 0 Å². The Morgan fingerprint density at radius 2 is 2.14 bits per heavy atom. The van der Waals surface area contributed by atoms with Gasteiger partial charge in [-0.3, -0.25) is 4.79 Å². The molecule has 4 rings (SSSR count). The number of pyridine rings is 1. The van der Waals surface area contributed by atoms with Crippen LogP contribution in [0.2, 0.25) is 5.02 Å². The Bertz CT molecular complexity index is 929. The number of carbonyl (C=O) groups is 1. The van der Waals surface area contributed by atoms with Crippen molar-refractivity contribution in [1.82, 2.24) is 15.3 Å². The van der Waals surface area contributed by atoms with Crippen LogP contribution in [0.15, 0.2) is 18.5 Å². The highest BCUT2D eigenvalue weighted by molar-refractivity contribution is 6.36. The van der Waals surface area contributed by atoms with Crippen LogP contribution in [-0.4, -0.2) is 51.3 Å². The lowest BCUT2D eigenvalue weighted by molar-refractivity contribution is -0.183. The van der Waals surface area contributed by atoms with E-state index in [0.29, 0.717) is 28.9 Å². The van der Waals surface area contributed by atoms with Crippen LogP contribution in [-0.2, 0) is 4.74 Å². The van der Waals surface area contributed by atoms with Crippen LogP contribution in [0.25, 0.3) is 11.0 Å². The van der Waals surface area contributed by atoms with Crippen molar-refractivity contribution in [3.8, 4) is 0 Å². The minimum atomic E-state index is -3.16. The van der Waals surface area contributed by atoms with Crippen LogP contribution >= 0.6 is 11.6 Å². The Balaban J connectivity index is 1.57. The number of nitrogens with one attached hydrogen (secondary N) is 2. The first-order chi connectivity index (χ1) is 13.7. The van der Waals surface area contributed by atoms with Gasteiger partial charge in [0.1, 0.15) is 17.9 Å². The molecule has 2 aromatic heterocycles. The zero-order chi connectivity index (χ0) is 20.9. The fraction of sp³-hybridized carbons (Fsp3) is 0.600. The summed E-state index contributed by atoms with van der Waals surface area (Å²) in [5, 5.41) is 14.5. The number of alkyl halides is 2. The standard InChI is InChI=1S/C20H24ClF2N3O3/c1-18(19(28)6-3-2-4-7-19)14(20(22,23)11-29-18)10-26-17(27)12-9-25-16-15(12)13(21)5-8-24-16/h5,8-9,14,28H,2-4,6-7,10-11H2,1H3,(H,24,25)(H,26,27). The largest absolute Gasteiger partial charge is 0.387 e. The summed E-state index contributed by atoms with van der Waals surface area (Å²) in [6.07, 6.45) is 6.28. The van der Waals surface area contributed by atoms with E-state index in [0.717, 1.165) is 19.3 Å². The van der Waals surface area contributed by atoms with Crippen LogP contribution < -0.4 is 5.32 Å². The monoisotopic (exact) mass is 427 g/mol. The first-order valence-electron chi connectivity index (χ1n) is 9.82. The van der Waals surface area contributed by atoms with Crippen molar-refractivity contribution >= 4 is 28.5 Å². The minimum absolute atomic E-state index is 0.235. The third-order valence-electron chi connectivity index (χ3n) is 6.58. The molecule has 0 aromatic carbocycles. The van der Waals surface area contributed by atoms with E-state index in [1.807, 2.05) is 0 Å². The van der Waals surface area contributed by atoms with Crippen molar-refractivity contribution in [3.63, 3.8) is 0 Å². The summed E-state index contributed by atoms with van der Waals surface area (Å²) in [6.45, 7) is 0.451. The van der Waals surface area contributed by atoms with Crippen LogP contribution in [0, 0.1) is 5.92 Å². The number of halogens is 3. The zero-order valence-electron chi connectivity index (χ0n) is 16.1. The Morgan fingerprint density at radius 1 is 1.41 bits per heavy atom. The molecule has 1 aliphatic carbocycles. The Kier molecular flexibility index (Phi) is 5.07. The summed E-state index contributed by atoms with van der Waals surface area (Å²) in [5.41, 5.74) is -2.10. The lowest BCUT2D eigenvalue weighted by Gasteiger charge is -2.47. The molecule has 2 aliphatic rings. The molecule has 3 N–H and O–H groups in total. The second-order valence-electron chi connectivity index (χ2n) is 8.23. The molecule has 3 heterocycles. The molecule has 6 nitrogen and oxygen atoms in total. The van der Waals surface area contributed by atoms with Gasteiger partial charge in [0.25, 0.3) is 11.8 Å². The smallest absolute Gasteiger partial charge is 0.278 e. The molecular formula is C20H24ClF2N3O3. The van der Waals surface area contributed by atoms with Crippen LogP contribution in [0.3, 0.4) is 0 Å². The average Bonchev–Trinajstić information content (AvgIpc) is 3.22. The van der Waals surface area contributed by atoms with E-state index in [4.69, 9.17) is 16.3 Å². The Morgan fingerprint density at radius 3 is 2.86 bits per heavy atom. The topological polar surface area (TPSA) is 87.2 Å². The van der Waals surface area contributed by atoms with Crippen molar-refractivity contribution in [2.24, 2.45) is 5.92 Å². The number of ether oxygens (including phenoxy) is 1. The van der Waals surface area contributed by atoms with Crippen molar-refractivity contribution in [1.29, 1.82) is 0 Å². The number of amides is 1. The molecule has 0 radical (unpaired) electrons. The van der Waals surface area contributed by atoms with Crippen LogP contribution in [0.5, 0.6) is 0 Å². The zero-order valence-corrected chi connectivity index (χ0v) is 16.9. The number of hydrogen-bond donors (Lipinski definition) is 3. The summed E-state index contributed by atoms with van der Waals surface area (Å²) in [4.78, 5) is 19.7. The minimum Gasteiger partial charge on any atom is -0.387 e. The van der Waals surface area contributed by atoms with Gasteiger partial charge in [-0.25, -0.2) is 13.8 Å². The van der Waals surface area contributed by atoms with Crippen LogP contribution in [0.1, 0.15) is 49.4 Å². The maximum Gasteiger partial charge on any atom is 0.278 e. The first-order valence-corrected chi connectivity index (χ1v) is 10.2. The fourth-order valence-electron chi connectivity index (χ4n) is 4.77. The van der Waals surface area contributed by atoms with Crippen molar-refractivity contribution < 1.29 is 23.4 Å². The maximum atomic E-state index is 14.7. The van der Waals surface area contributed by atoms with Crippen molar-refractivity contribution in [3.05, 3.63) is 29.0 Å². The quantitative estimate of drug-likeness (QED) is 0.694. The predicted octanol–water partition coefficient (Wildman–Crippen LogP) is 3.68. The van der Waals surface area contributed by atoms with Gasteiger partial charge in [0.15, 0.2) is 0 Å². The molecule has 2 unspecified atom stereocenters. The summed E-state index contributed by atoms with van der Waals surface area (Å²) in [5.74, 6) is -5.04. The molecule has 158 valence electrons. The van der Waals surface area contributed by atoms with E-state index in [-0.39, 0.29) is 12.1 Å². The first kappa shape index (κ1) is 20.5. The van der Waals surface area contributed by atoms with Gasteiger partial charge in [0, 0.05) is 18.9 Å². The molecular weight excluding hydrogens is 404 g/mol. The summed E-state index contributed by atoms with van der Waals surface area (Å²) >= 11 is 6.17. The van der Waals surface area contributed by atoms with Crippen LogP contribution in [0.4, 0.5) is 8.78 Å². The van der Waals surface area contributed by atoms with Gasteiger partial charge in [-0.05, 0) is 25.8 Å². The third-order valence-corrected chi connectivity index (χ3v) is 6.89. The fourth-order valence-corrected chi connectivity index (χ4v) is 5.02. The highest BCUT2D eigenvalue weighted by Crippen LogP contribution is 2.52. The highest BCUT2D eigenvalue weighted by atomic mass is 35.5. The summed E-state index contributed by atoms with van der Waals surface area (Å²) in [6, 6.07) is 1.56. The molecule has 1 saturated heterocycles. The van der Waals surface area contributed by atoms with Gasteiger partial charge < -0.3 is 20.1 Å². The Hall–Kier alpha value is -1.77. The lowest BCUT2D eigenvalue weighted by atomic mass is 9.67. The summed E-state index contributed by atoms with van der Waals surface area (Å²) in [7, 11) is 0. The van der Waals surface area contributed by atoms with E-state index in [1.165, 1.54) is 12.4 Å². The number of rotatable bonds is 4. The molecule has 9 heteroatoms. The number of carbonyl (C=O) groups excluding carboxylic acids is 1. The second kappa shape index (κ2) is 7.18. The second-order valence-corrected chi connectivity index (χ2v) is 8.64. The van der Waals surface area contributed by atoms with E-state index < -0.39 is 35.6 Å². The van der Waals surface area contributed by atoms with E-state index in [1.54, 1.807) is 13.0 Å². The maximum absolute atomic E-state index is 14.7. The van der Waals surface area contributed by atoms with Crippen molar-refractivity contribution in [2.45, 2.75) is 56.2 Å². The number of H-pyrrole nitrogens is 1. The molecule has 0 spiro atoms. The number of aliphatic hydroxyl groups is 1. The number of aromatic nitrogens is 2. The van der Waals surface area contributed by atoms with Gasteiger partial charge in [-0.15, -0.1) is 0 Å². The van der Waals surface area contributed by atoms with Gasteiger partial charge >= 0.3 is 0 Å². The van der Waals surface area contributed by atoms with Gasteiger partial charge in [0.05, 0.1) is 27.5 Å². The van der Waals surface area contributed by atoms with Crippen molar-refractivity contribution in [2.75, 3.05) is 13.2 Å². The molecule has 1 amide bonds. The van der Waals surface area contributed by atoms with E-state index >= 15 is 0 Å². The van der Waals surface area contributed by atoms with E-state index in [2.05, 4.69) is 15.3 Å². The molecule has 2 atom stereocenters. The average molecular weight is 428 g/mol. The predicted molar refractivity (Wildman–Crippen MR) is 104 cm³/mol. The number of aromatic amines is 1. The number of hydrogen-bond acceptors (Lipinski definition) is 4. The number of nitrogens with zero attached hydrogens (tertiary/aromatic N) is 1. The third kappa shape index (κ3) is 3.31. The molecule has 2 aromatic rings. The molecule has 1 aliphatic heterocycles. The molecule has 2 fully saturated rings.